The molecule has 2 nitrogen and oxygen atoms in total. The Balaban J connectivity index is 1.67. The normalized spacial score (nSPS) is 16.4. The van der Waals surface area contributed by atoms with Gasteiger partial charge in [0.05, 0.1) is 6.67 Å². The Morgan fingerprint density at radius 2 is 1.00 bits per heavy atom. The van der Waals surface area contributed by atoms with Gasteiger partial charge in [-0.2, -0.15) is 0 Å². The molecule has 1 aliphatic rings. The number of nitrogens with zero attached hydrogens (tertiary/aromatic N) is 2. The van der Waals surface area contributed by atoms with Crippen LogP contribution in [0.3, 0.4) is 0 Å². The molecular formula is C21H44N2. The third-order valence-corrected chi connectivity index (χ3v) is 5.32. The van der Waals surface area contributed by atoms with Crippen molar-refractivity contribution in [3.63, 3.8) is 0 Å². The van der Waals surface area contributed by atoms with Crippen LogP contribution in [0.15, 0.2) is 0 Å². The number of hydrogen-bond acceptors (Lipinski definition) is 2. The van der Waals surface area contributed by atoms with E-state index in [1.54, 1.807) is 0 Å². The minimum absolute atomic E-state index is 1.19. The first-order chi connectivity index (χ1) is 11.3. The van der Waals surface area contributed by atoms with Gasteiger partial charge in [0.15, 0.2) is 0 Å². The van der Waals surface area contributed by atoms with Gasteiger partial charge in [-0.1, -0.05) is 96.8 Å². The molecule has 0 aromatic heterocycles. The van der Waals surface area contributed by atoms with Crippen molar-refractivity contribution >= 4 is 0 Å². The van der Waals surface area contributed by atoms with Crippen LogP contribution in [0.1, 0.15) is 103 Å². The van der Waals surface area contributed by atoms with Gasteiger partial charge in [-0.25, -0.2) is 0 Å². The highest BCUT2D eigenvalue weighted by Gasteiger charge is 2.14. The van der Waals surface area contributed by atoms with Crippen LogP contribution >= 0.6 is 0 Å². The maximum atomic E-state index is 2.60. The van der Waals surface area contributed by atoms with Gasteiger partial charge in [0.2, 0.25) is 0 Å². The van der Waals surface area contributed by atoms with Gasteiger partial charge < -0.3 is 0 Å². The Morgan fingerprint density at radius 3 is 1.39 bits per heavy atom. The van der Waals surface area contributed by atoms with Crippen LogP contribution in [0.5, 0.6) is 0 Å². The summed E-state index contributed by atoms with van der Waals surface area (Å²) in [6.45, 7) is 7.36. The van der Waals surface area contributed by atoms with Crippen LogP contribution < -0.4 is 0 Å². The van der Waals surface area contributed by atoms with Gasteiger partial charge in [-0.15, -0.1) is 0 Å². The first-order valence-electron chi connectivity index (χ1n) is 10.7. The predicted octanol–water partition coefficient (Wildman–Crippen LogP) is 6.06. The zero-order valence-electron chi connectivity index (χ0n) is 16.3. The van der Waals surface area contributed by atoms with Crippen LogP contribution in [-0.2, 0) is 0 Å². The van der Waals surface area contributed by atoms with E-state index < -0.39 is 0 Å². The molecule has 0 radical (unpaired) electrons. The third-order valence-electron chi connectivity index (χ3n) is 5.32. The van der Waals surface area contributed by atoms with E-state index in [0.717, 1.165) is 0 Å². The highest BCUT2D eigenvalue weighted by Crippen LogP contribution is 2.13. The average Bonchev–Trinajstić information content (AvgIpc) is 2.96. The van der Waals surface area contributed by atoms with E-state index in [9.17, 15) is 0 Å². The average molecular weight is 325 g/mol. The van der Waals surface area contributed by atoms with Gasteiger partial charge in [0.1, 0.15) is 0 Å². The van der Waals surface area contributed by atoms with Crippen molar-refractivity contribution < 1.29 is 0 Å². The second-order valence-corrected chi connectivity index (χ2v) is 7.79. The fourth-order valence-electron chi connectivity index (χ4n) is 3.68. The third kappa shape index (κ3) is 12.9. The number of hydrogen-bond donors (Lipinski definition) is 0. The summed E-state index contributed by atoms with van der Waals surface area (Å²) in [6.07, 6.45) is 21.9. The zero-order chi connectivity index (χ0) is 16.6. The standard InChI is InChI=1S/C21H44N2/c1-3-4-5-6-7-8-9-10-11-12-13-14-15-16-17-18-23-20-19-22(2)21-23/h3-21H2,1-2H3. The summed E-state index contributed by atoms with van der Waals surface area (Å²) in [4.78, 5) is 5.02. The van der Waals surface area contributed by atoms with Crippen molar-refractivity contribution in [2.75, 3.05) is 33.4 Å². The van der Waals surface area contributed by atoms with E-state index in [4.69, 9.17) is 0 Å². The molecule has 1 rings (SSSR count). The molecule has 0 aromatic carbocycles. The Labute approximate surface area is 147 Å². The number of unbranched alkanes of at least 4 members (excludes halogenated alkanes) is 14. The molecule has 0 saturated carbocycles. The van der Waals surface area contributed by atoms with E-state index in [0.29, 0.717) is 0 Å². The van der Waals surface area contributed by atoms with Gasteiger partial charge >= 0.3 is 0 Å². The van der Waals surface area contributed by atoms with E-state index in [2.05, 4.69) is 23.8 Å². The minimum atomic E-state index is 1.19. The Hall–Kier alpha value is -0.0800. The Morgan fingerprint density at radius 1 is 0.565 bits per heavy atom. The molecule has 0 atom stereocenters. The first-order valence-corrected chi connectivity index (χ1v) is 10.7. The van der Waals surface area contributed by atoms with Crippen molar-refractivity contribution in [2.45, 2.75) is 103 Å². The molecule has 23 heavy (non-hydrogen) atoms. The quantitative estimate of drug-likeness (QED) is 0.318. The fraction of sp³-hybridized carbons (Fsp3) is 1.00. The van der Waals surface area contributed by atoms with E-state index in [1.165, 1.54) is 123 Å². The molecule has 0 bridgehead atoms. The largest absolute Gasteiger partial charge is 0.292 e. The van der Waals surface area contributed by atoms with Crippen LogP contribution in [0.4, 0.5) is 0 Å². The lowest BCUT2D eigenvalue weighted by atomic mass is 10.0. The molecule has 0 spiro atoms. The molecule has 1 saturated heterocycles. The lowest BCUT2D eigenvalue weighted by molar-refractivity contribution is 0.269. The summed E-state index contributed by atoms with van der Waals surface area (Å²) in [7, 11) is 2.23. The molecule has 0 aliphatic carbocycles. The van der Waals surface area contributed by atoms with Crippen LogP contribution in [-0.4, -0.2) is 43.2 Å². The van der Waals surface area contributed by atoms with Crippen molar-refractivity contribution in [3.05, 3.63) is 0 Å². The van der Waals surface area contributed by atoms with Gasteiger partial charge in [0, 0.05) is 13.1 Å². The topological polar surface area (TPSA) is 6.48 Å². The predicted molar refractivity (Wildman–Crippen MR) is 104 cm³/mol. The molecule has 1 fully saturated rings. The van der Waals surface area contributed by atoms with E-state index in [-0.39, 0.29) is 0 Å². The fourth-order valence-corrected chi connectivity index (χ4v) is 3.68. The maximum absolute atomic E-state index is 2.60. The smallest absolute Gasteiger partial charge is 0.0504 e. The first kappa shape index (κ1) is 21.0. The Bertz CT molecular complexity index is 242. The molecule has 138 valence electrons. The van der Waals surface area contributed by atoms with Crippen molar-refractivity contribution in [3.8, 4) is 0 Å². The monoisotopic (exact) mass is 324 g/mol. The number of likely N-dealkylation sites (N-methyl/N-ethyl adjacent to an activating group) is 1. The summed E-state index contributed by atoms with van der Waals surface area (Å²) >= 11 is 0. The molecule has 0 unspecified atom stereocenters. The Kier molecular flexibility index (Phi) is 14.1. The zero-order valence-corrected chi connectivity index (χ0v) is 16.3. The lowest BCUT2D eigenvalue weighted by Crippen LogP contribution is -2.24. The second-order valence-electron chi connectivity index (χ2n) is 7.79. The maximum Gasteiger partial charge on any atom is 0.0504 e. The highest BCUT2D eigenvalue weighted by molar-refractivity contribution is 4.67. The molecular weight excluding hydrogens is 280 g/mol. The van der Waals surface area contributed by atoms with Crippen molar-refractivity contribution in [1.29, 1.82) is 0 Å². The van der Waals surface area contributed by atoms with Crippen molar-refractivity contribution in [2.24, 2.45) is 0 Å². The van der Waals surface area contributed by atoms with Gasteiger partial charge in [-0.05, 0) is 20.0 Å². The van der Waals surface area contributed by atoms with E-state index >= 15 is 0 Å². The number of rotatable bonds is 16. The van der Waals surface area contributed by atoms with Gasteiger partial charge in [0.25, 0.3) is 0 Å². The highest BCUT2D eigenvalue weighted by atomic mass is 15.4. The molecule has 1 heterocycles. The summed E-state index contributed by atoms with van der Waals surface area (Å²) < 4.78 is 0. The summed E-state index contributed by atoms with van der Waals surface area (Å²) in [5, 5.41) is 0. The molecule has 0 amide bonds. The van der Waals surface area contributed by atoms with E-state index in [1.807, 2.05) is 0 Å². The molecule has 1 aliphatic heterocycles. The summed E-state index contributed by atoms with van der Waals surface area (Å²) in [5.74, 6) is 0. The summed E-state index contributed by atoms with van der Waals surface area (Å²) in [5.41, 5.74) is 0. The molecule has 0 aromatic rings. The van der Waals surface area contributed by atoms with Crippen LogP contribution in [0, 0.1) is 0 Å². The summed E-state index contributed by atoms with van der Waals surface area (Å²) in [6, 6.07) is 0. The van der Waals surface area contributed by atoms with Crippen LogP contribution in [0.25, 0.3) is 0 Å². The van der Waals surface area contributed by atoms with Crippen LogP contribution in [0.2, 0.25) is 0 Å². The molecule has 0 N–H and O–H groups in total. The minimum Gasteiger partial charge on any atom is -0.292 e. The molecule has 2 heteroatoms. The van der Waals surface area contributed by atoms with Gasteiger partial charge in [-0.3, -0.25) is 9.80 Å². The second kappa shape index (κ2) is 15.4. The van der Waals surface area contributed by atoms with Crippen molar-refractivity contribution in [1.82, 2.24) is 9.80 Å². The SMILES string of the molecule is CCCCCCCCCCCCCCCCCN1CCN(C)C1. The lowest BCUT2D eigenvalue weighted by Gasteiger charge is -2.14.